The highest BCUT2D eigenvalue weighted by atomic mass is 32.2. The highest BCUT2D eigenvalue weighted by molar-refractivity contribution is 7.98. The summed E-state index contributed by atoms with van der Waals surface area (Å²) >= 11 is 1.69. The Kier molecular flexibility index (Phi) is 5.95. The molecule has 0 amide bonds. The molecule has 1 aromatic carbocycles. The molecule has 0 radical (unpaired) electrons. The molecule has 0 spiro atoms. The SMILES string of the molecule is C=CCN(CC(=O)O)C(C)c1ccc(SC)cc1. The third-order valence-corrected chi connectivity index (χ3v) is 3.59. The molecule has 0 saturated carbocycles. The van der Waals surface area contributed by atoms with E-state index in [2.05, 4.69) is 30.8 Å². The maximum absolute atomic E-state index is 10.8. The summed E-state index contributed by atoms with van der Waals surface area (Å²) in [7, 11) is 0. The Balaban J connectivity index is 2.82. The number of rotatable bonds is 7. The van der Waals surface area contributed by atoms with Crippen LogP contribution in [0.15, 0.2) is 41.8 Å². The number of nitrogens with zero attached hydrogens (tertiary/aromatic N) is 1. The van der Waals surface area contributed by atoms with Gasteiger partial charge >= 0.3 is 5.97 Å². The molecule has 98 valence electrons. The van der Waals surface area contributed by atoms with Gasteiger partial charge in [-0.05, 0) is 30.9 Å². The lowest BCUT2D eigenvalue weighted by atomic mass is 10.1. The Morgan fingerprint density at radius 2 is 2.11 bits per heavy atom. The highest BCUT2D eigenvalue weighted by Gasteiger charge is 2.17. The minimum atomic E-state index is -0.815. The van der Waals surface area contributed by atoms with E-state index in [0.29, 0.717) is 6.54 Å². The smallest absolute Gasteiger partial charge is 0.317 e. The second kappa shape index (κ2) is 7.24. The Morgan fingerprint density at radius 3 is 2.56 bits per heavy atom. The van der Waals surface area contributed by atoms with Gasteiger partial charge in [0.2, 0.25) is 0 Å². The lowest BCUT2D eigenvalue weighted by Gasteiger charge is -2.26. The van der Waals surface area contributed by atoms with E-state index in [4.69, 9.17) is 5.11 Å². The monoisotopic (exact) mass is 265 g/mol. The summed E-state index contributed by atoms with van der Waals surface area (Å²) in [6.07, 6.45) is 3.77. The maximum Gasteiger partial charge on any atom is 0.317 e. The molecular formula is C14H19NO2S. The van der Waals surface area contributed by atoms with Crippen molar-refractivity contribution < 1.29 is 9.90 Å². The average molecular weight is 265 g/mol. The summed E-state index contributed by atoms with van der Waals surface area (Å²) in [6.45, 7) is 6.28. The number of thioether (sulfide) groups is 1. The molecule has 0 fully saturated rings. The van der Waals surface area contributed by atoms with Crippen molar-refractivity contribution in [3.8, 4) is 0 Å². The van der Waals surface area contributed by atoms with Crippen molar-refractivity contribution in [3.63, 3.8) is 0 Å². The molecule has 0 aromatic heterocycles. The van der Waals surface area contributed by atoms with Crippen LogP contribution >= 0.6 is 11.8 Å². The third-order valence-electron chi connectivity index (χ3n) is 2.85. The van der Waals surface area contributed by atoms with E-state index < -0.39 is 5.97 Å². The molecule has 1 rings (SSSR count). The van der Waals surface area contributed by atoms with Gasteiger partial charge in [-0.25, -0.2) is 0 Å². The van der Waals surface area contributed by atoms with Crippen LogP contribution in [0.1, 0.15) is 18.5 Å². The number of hydrogen-bond acceptors (Lipinski definition) is 3. The van der Waals surface area contributed by atoms with Gasteiger partial charge in [-0.15, -0.1) is 18.3 Å². The van der Waals surface area contributed by atoms with Crippen molar-refractivity contribution in [2.45, 2.75) is 17.9 Å². The van der Waals surface area contributed by atoms with Crippen molar-refractivity contribution in [2.75, 3.05) is 19.3 Å². The van der Waals surface area contributed by atoms with Gasteiger partial charge in [0.1, 0.15) is 0 Å². The van der Waals surface area contributed by atoms with Gasteiger partial charge in [0.15, 0.2) is 0 Å². The molecule has 1 N–H and O–H groups in total. The molecule has 0 aliphatic heterocycles. The topological polar surface area (TPSA) is 40.5 Å². The van der Waals surface area contributed by atoms with Crippen LogP contribution in [-0.2, 0) is 4.79 Å². The zero-order chi connectivity index (χ0) is 13.5. The van der Waals surface area contributed by atoms with Gasteiger partial charge in [0.25, 0.3) is 0 Å². The minimum absolute atomic E-state index is 0.0253. The molecule has 0 bridgehead atoms. The fourth-order valence-corrected chi connectivity index (χ4v) is 2.20. The van der Waals surface area contributed by atoms with Crippen molar-refractivity contribution in [1.29, 1.82) is 0 Å². The molecule has 0 aliphatic carbocycles. The van der Waals surface area contributed by atoms with E-state index in [9.17, 15) is 4.79 Å². The molecule has 0 aliphatic rings. The standard InChI is InChI=1S/C14H19NO2S/c1-4-9-15(10-14(16)17)11(2)12-5-7-13(18-3)8-6-12/h4-8,11H,1,9-10H2,2-3H3,(H,16,17). The first kappa shape index (κ1) is 14.8. The zero-order valence-corrected chi connectivity index (χ0v) is 11.6. The summed E-state index contributed by atoms with van der Waals surface area (Å²) in [6, 6.07) is 8.28. The van der Waals surface area contributed by atoms with Gasteiger partial charge in [-0.2, -0.15) is 0 Å². The fourth-order valence-electron chi connectivity index (χ4n) is 1.79. The van der Waals surface area contributed by atoms with Crippen LogP contribution in [0.25, 0.3) is 0 Å². The largest absolute Gasteiger partial charge is 0.480 e. The molecule has 1 aromatic rings. The van der Waals surface area contributed by atoms with Crippen LogP contribution in [0, 0.1) is 0 Å². The molecule has 4 heteroatoms. The van der Waals surface area contributed by atoms with Crippen LogP contribution < -0.4 is 0 Å². The third kappa shape index (κ3) is 4.20. The average Bonchev–Trinajstić information content (AvgIpc) is 2.37. The van der Waals surface area contributed by atoms with Gasteiger partial charge in [-0.3, -0.25) is 9.69 Å². The molecule has 0 heterocycles. The second-order valence-electron chi connectivity index (χ2n) is 4.06. The minimum Gasteiger partial charge on any atom is -0.480 e. The number of carboxylic acids is 1. The van der Waals surface area contributed by atoms with Crippen molar-refractivity contribution >= 4 is 17.7 Å². The van der Waals surface area contributed by atoms with E-state index in [1.807, 2.05) is 18.1 Å². The Bertz CT molecular complexity index is 403. The summed E-state index contributed by atoms with van der Waals surface area (Å²) in [5.41, 5.74) is 1.12. The first-order valence-electron chi connectivity index (χ1n) is 5.79. The van der Waals surface area contributed by atoms with Crippen LogP contribution in [0.2, 0.25) is 0 Å². The van der Waals surface area contributed by atoms with E-state index in [1.54, 1.807) is 17.8 Å². The summed E-state index contributed by atoms with van der Waals surface area (Å²) < 4.78 is 0. The summed E-state index contributed by atoms with van der Waals surface area (Å²) in [5.74, 6) is -0.815. The van der Waals surface area contributed by atoms with Crippen molar-refractivity contribution in [2.24, 2.45) is 0 Å². The number of benzene rings is 1. The second-order valence-corrected chi connectivity index (χ2v) is 4.94. The fraction of sp³-hybridized carbons (Fsp3) is 0.357. The van der Waals surface area contributed by atoms with Crippen LogP contribution in [0.3, 0.4) is 0 Å². The van der Waals surface area contributed by atoms with Crippen LogP contribution in [-0.4, -0.2) is 35.3 Å². The van der Waals surface area contributed by atoms with Crippen LogP contribution in [0.5, 0.6) is 0 Å². The van der Waals surface area contributed by atoms with E-state index >= 15 is 0 Å². The zero-order valence-electron chi connectivity index (χ0n) is 10.8. The summed E-state index contributed by atoms with van der Waals surface area (Å²) in [5, 5.41) is 8.91. The van der Waals surface area contributed by atoms with Crippen molar-refractivity contribution in [1.82, 2.24) is 4.90 Å². The molecule has 3 nitrogen and oxygen atoms in total. The van der Waals surface area contributed by atoms with Gasteiger partial charge in [0, 0.05) is 17.5 Å². The maximum atomic E-state index is 10.8. The Labute approximate surface area is 113 Å². The molecular weight excluding hydrogens is 246 g/mol. The molecule has 1 atom stereocenters. The predicted octanol–water partition coefficient (Wildman–Crippen LogP) is 3.04. The lowest BCUT2D eigenvalue weighted by molar-refractivity contribution is -0.138. The number of aliphatic carboxylic acids is 1. The number of carbonyl (C=O) groups is 1. The number of hydrogen-bond donors (Lipinski definition) is 1. The van der Waals surface area contributed by atoms with Gasteiger partial charge in [-0.1, -0.05) is 18.2 Å². The first-order valence-corrected chi connectivity index (χ1v) is 7.01. The molecule has 0 saturated heterocycles. The lowest BCUT2D eigenvalue weighted by Crippen LogP contribution is -2.32. The highest BCUT2D eigenvalue weighted by Crippen LogP contribution is 2.23. The quantitative estimate of drug-likeness (QED) is 0.607. The normalized spacial score (nSPS) is 12.4. The van der Waals surface area contributed by atoms with E-state index in [0.717, 1.165) is 5.56 Å². The van der Waals surface area contributed by atoms with Gasteiger partial charge < -0.3 is 5.11 Å². The molecule has 18 heavy (non-hydrogen) atoms. The van der Waals surface area contributed by atoms with Crippen molar-refractivity contribution in [3.05, 3.63) is 42.5 Å². The Hall–Kier alpha value is -1.26. The van der Waals surface area contributed by atoms with E-state index in [-0.39, 0.29) is 12.6 Å². The van der Waals surface area contributed by atoms with Crippen LogP contribution in [0.4, 0.5) is 0 Å². The summed E-state index contributed by atoms with van der Waals surface area (Å²) in [4.78, 5) is 13.9. The first-order chi connectivity index (χ1) is 8.58. The Morgan fingerprint density at radius 1 is 1.50 bits per heavy atom. The predicted molar refractivity (Wildman–Crippen MR) is 76.0 cm³/mol. The number of carboxylic acid groups (broad SMARTS) is 1. The van der Waals surface area contributed by atoms with E-state index in [1.165, 1.54) is 4.90 Å². The van der Waals surface area contributed by atoms with Gasteiger partial charge in [0.05, 0.1) is 6.54 Å². The molecule has 1 unspecified atom stereocenters.